The van der Waals surface area contributed by atoms with Gasteiger partial charge in [-0.3, -0.25) is 4.79 Å². The molecule has 1 heterocycles. The number of hydrogen-bond donors (Lipinski definition) is 1. The Labute approximate surface area is 177 Å². The van der Waals surface area contributed by atoms with E-state index in [4.69, 9.17) is 5.10 Å². The van der Waals surface area contributed by atoms with E-state index in [2.05, 4.69) is 33.4 Å². The zero-order valence-electron chi connectivity index (χ0n) is 15.7. The minimum absolute atomic E-state index is 0.0360. The SMILES string of the molecule is CC(Sc1ccc(Br)cc1)C(=O)NCc1nn(-c2ccccc2)c2c1CCC2. The van der Waals surface area contributed by atoms with Crippen LogP contribution in [0, 0.1) is 0 Å². The van der Waals surface area contributed by atoms with Gasteiger partial charge in [0.2, 0.25) is 5.91 Å². The smallest absolute Gasteiger partial charge is 0.233 e. The van der Waals surface area contributed by atoms with Crippen LogP contribution in [0.2, 0.25) is 0 Å². The summed E-state index contributed by atoms with van der Waals surface area (Å²) < 4.78 is 3.08. The number of nitrogens with zero attached hydrogens (tertiary/aromatic N) is 2. The van der Waals surface area contributed by atoms with Crippen LogP contribution in [0.4, 0.5) is 0 Å². The molecule has 2 aromatic carbocycles. The molecule has 0 radical (unpaired) electrons. The number of nitrogens with one attached hydrogen (secondary N) is 1. The van der Waals surface area contributed by atoms with Gasteiger partial charge >= 0.3 is 0 Å². The van der Waals surface area contributed by atoms with Crippen LogP contribution in [0.25, 0.3) is 5.69 Å². The Bertz CT molecular complexity index is 969. The number of benzene rings is 2. The van der Waals surface area contributed by atoms with Crippen molar-refractivity contribution in [3.8, 4) is 5.69 Å². The number of fused-ring (bicyclic) bond motifs is 1. The fourth-order valence-corrected chi connectivity index (χ4v) is 4.68. The number of amides is 1. The lowest BCUT2D eigenvalue weighted by molar-refractivity contribution is -0.120. The van der Waals surface area contributed by atoms with Gasteiger partial charge in [-0.15, -0.1) is 11.8 Å². The molecule has 0 spiro atoms. The Morgan fingerprint density at radius 1 is 1.18 bits per heavy atom. The number of hydrogen-bond acceptors (Lipinski definition) is 3. The second kappa shape index (κ2) is 8.53. The Morgan fingerprint density at radius 2 is 1.93 bits per heavy atom. The summed E-state index contributed by atoms with van der Waals surface area (Å²) in [6.45, 7) is 2.42. The molecule has 6 heteroatoms. The molecular formula is C22H22BrN3OS. The average Bonchev–Trinajstić information content (AvgIpc) is 3.31. The van der Waals surface area contributed by atoms with Gasteiger partial charge in [0, 0.05) is 15.1 Å². The Balaban J connectivity index is 1.43. The van der Waals surface area contributed by atoms with E-state index >= 15 is 0 Å². The number of thioether (sulfide) groups is 1. The summed E-state index contributed by atoms with van der Waals surface area (Å²) in [6, 6.07) is 18.2. The molecule has 1 unspecified atom stereocenters. The maximum atomic E-state index is 12.6. The molecule has 0 bridgehead atoms. The van der Waals surface area contributed by atoms with Crippen LogP contribution in [0.15, 0.2) is 64.0 Å². The van der Waals surface area contributed by atoms with E-state index in [0.717, 1.165) is 40.0 Å². The van der Waals surface area contributed by atoms with Crippen molar-refractivity contribution in [1.82, 2.24) is 15.1 Å². The third-order valence-corrected chi connectivity index (χ3v) is 6.58. The highest BCUT2D eigenvalue weighted by molar-refractivity contribution is 9.10. The van der Waals surface area contributed by atoms with Crippen LogP contribution < -0.4 is 5.32 Å². The fraction of sp³-hybridized carbons (Fsp3) is 0.273. The molecule has 1 aliphatic carbocycles. The van der Waals surface area contributed by atoms with E-state index in [0.29, 0.717) is 6.54 Å². The van der Waals surface area contributed by atoms with Gasteiger partial charge in [-0.05, 0) is 68.1 Å². The van der Waals surface area contributed by atoms with Gasteiger partial charge in [-0.1, -0.05) is 34.1 Å². The van der Waals surface area contributed by atoms with Crippen LogP contribution in [0.3, 0.4) is 0 Å². The first-order valence-electron chi connectivity index (χ1n) is 9.47. The maximum absolute atomic E-state index is 12.6. The first-order valence-corrected chi connectivity index (χ1v) is 11.1. The van der Waals surface area contributed by atoms with E-state index in [9.17, 15) is 4.79 Å². The van der Waals surface area contributed by atoms with Crippen molar-refractivity contribution in [2.75, 3.05) is 0 Å². The molecule has 28 heavy (non-hydrogen) atoms. The van der Waals surface area contributed by atoms with Gasteiger partial charge in [0.05, 0.1) is 23.2 Å². The standard InChI is InChI=1S/C22H22BrN3OS/c1-15(28-18-12-10-16(23)11-13-18)22(27)24-14-20-19-8-5-9-21(19)26(25-20)17-6-3-2-4-7-17/h2-4,6-7,10-13,15H,5,8-9,14H2,1H3,(H,24,27). The molecule has 3 aromatic rings. The lowest BCUT2D eigenvalue weighted by Crippen LogP contribution is -2.30. The molecule has 144 valence electrons. The quantitative estimate of drug-likeness (QED) is 0.536. The molecule has 1 aromatic heterocycles. The molecule has 4 rings (SSSR count). The number of rotatable bonds is 6. The third-order valence-electron chi connectivity index (χ3n) is 4.94. The van der Waals surface area contributed by atoms with Gasteiger partial charge < -0.3 is 5.32 Å². The molecule has 0 aliphatic heterocycles. The van der Waals surface area contributed by atoms with Crippen LogP contribution >= 0.6 is 27.7 Å². The van der Waals surface area contributed by atoms with Crippen molar-refractivity contribution in [2.45, 2.75) is 42.9 Å². The van der Waals surface area contributed by atoms with Crippen LogP contribution in [0.5, 0.6) is 0 Å². The summed E-state index contributed by atoms with van der Waals surface area (Å²) in [5, 5.41) is 7.74. The van der Waals surface area contributed by atoms with Gasteiger partial charge in [-0.2, -0.15) is 5.10 Å². The molecule has 4 nitrogen and oxygen atoms in total. The second-order valence-electron chi connectivity index (χ2n) is 6.90. The summed E-state index contributed by atoms with van der Waals surface area (Å²) in [5.41, 5.74) is 4.66. The molecule has 1 atom stereocenters. The summed E-state index contributed by atoms with van der Waals surface area (Å²) in [6.07, 6.45) is 3.23. The van der Waals surface area contributed by atoms with E-state index in [1.807, 2.05) is 54.1 Å². The highest BCUT2D eigenvalue weighted by Crippen LogP contribution is 2.28. The van der Waals surface area contributed by atoms with Crippen molar-refractivity contribution < 1.29 is 4.79 Å². The van der Waals surface area contributed by atoms with Crippen molar-refractivity contribution in [3.63, 3.8) is 0 Å². The van der Waals surface area contributed by atoms with E-state index in [1.165, 1.54) is 11.3 Å². The minimum atomic E-state index is -0.162. The number of para-hydroxylation sites is 1. The third kappa shape index (κ3) is 4.18. The van der Waals surface area contributed by atoms with Crippen molar-refractivity contribution in [3.05, 3.63) is 76.0 Å². The van der Waals surface area contributed by atoms with E-state index in [-0.39, 0.29) is 11.2 Å². The number of halogens is 1. The largest absolute Gasteiger partial charge is 0.349 e. The number of carbonyl (C=O) groups is 1. The average molecular weight is 456 g/mol. The van der Waals surface area contributed by atoms with Crippen LogP contribution in [-0.2, 0) is 24.2 Å². The van der Waals surface area contributed by atoms with E-state index in [1.54, 1.807) is 11.8 Å². The fourth-order valence-electron chi connectivity index (χ4n) is 3.52. The lowest BCUT2D eigenvalue weighted by atomic mass is 10.2. The normalized spacial score (nSPS) is 13.9. The molecule has 0 saturated carbocycles. The predicted molar refractivity (Wildman–Crippen MR) is 117 cm³/mol. The highest BCUT2D eigenvalue weighted by Gasteiger charge is 2.24. The molecule has 1 amide bonds. The van der Waals surface area contributed by atoms with Gasteiger partial charge in [0.15, 0.2) is 0 Å². The highest BCUT2D eigenvalue weighted by atomic mass is 79.9. The Kier molecular flexibility index (Phi) is 5.87. The molecule has 0 saturated heterocycles. The number of aromatic nitrogens is 2. The predicted octanol–water partition coefficient (Wildman–Crippen LogP) is 4.92. The monoisotopic (exact) mass is 455 g/mol. The summed E-state index contributed by atoms with van der Waals surface area (Å²) in [5.74, 6) is 0.0360. The number of carbonyl (C=O) groups excluding carboxylic acids is 1. The molecule has 1 N–H and O–H groups in total. The van der Waals surface area contributed by atoms with Crippen LogP contribution in [0.1, 0.15) is 30.3 Å². The summed E-state index contributed by atoms with van der Waals surface area (Å²) >= 11 is 5.00. The van der Waals surface area contributed by atoms with Crippen molar-refractivity contribution in [2.24, 2.45) is 0 Å². The van der Waals surface area contributed by atoms with Crippen LogP contribution in [-0.4, -0.2) is 20.9 Å². The van der Waals surface area contributed by atoms with Gasteiger partial charge in [-0.25, -0.2) is 4.68 Å². The lowest BCUT2D eigenvalue weighted by Gasteiger charge is -2.12. The van der Waals surface area contributed by atoms with E-state index < -0.39 is 0 Å². The molecule has 1 aliphatic rings. The Hall–Kier alpha value is -2.05. The maximum Gasteiger partial charge on any atom is 0.233 e. The first-order chi connectivity index (χ1) is 13.6. The topological polar surface area (TPSA) is 46.9 Å². The summed E-state index contributed by atoms with van der Waals surface area (Å²) in [4.78, 5) is 13.7. The van der Waals surface area contributed by atoms with Gasteiger partial charge in [0.25, 0.3) is 0 Å². The molecular weight excluding hydrogens is 434 g/mol. The van der Waals surface area contributed by atoms with Crippen molar-refractivity contribution in [1.29, 1.82) is 0 Å². The van der Waals surface area contributed by atoms with Gasteiger partial charge in [0.1, 0.15) is 0 Å². The zero-order valence-corrected chi connectivity index (χ0v) is 18.1. The molecule has 0 fully saturated rings. The second-order valence-corrected chi connectivity index (χ2v) is 9.23. The van der Waals surface area contributed by atoms with Crippen molar-refractivity contribution >= 4 is 33.6 Å². The minimum Gasteiger partial charge on any atom is -0.349 e. The zero-order chi connectivity index (χ0) is 19.5. The summed E-state index contributed by atoms with van der Waals surface area (Å²) in [7, 11) is 0. The Morgan fingerprint density at radius 3 is 2.68 bits per heavy atom. The first kappa shape index (κ1) is 19.3.